The lowest BCUT2D eigenvalue weighted by Crippen LogP contribution is -1.97. The Labute approximate surface area is 176 Å². The Bertz CT molecular complexity index is 1570. The van der Waals surface area contributed by atoms with Gasteiger partial charge in [0.15, 0.2) is 5.65 Å². The van der Waals surface area contributed by atoms with Gasteiger partial charge < -0.3 is 4.52 Å². The summed E-state index contributed by atoms with van der Waals surface area (Å²) in [5.41, 5.74) is 5.79. The summed E-state index contributed by atoms with van der Waals surface area (Å²) >= 11 is 0. The second-order valence-electron chi connectivity index (χ2n) is 7.48. The normalized spacial score (nSPS) is 11.5. The van der Waals surface area contributed by atoms with Crippen LogP contribution >= 0.6 is 0 Å². The first-order chi connectivity index (χ1) is 15.2. The van der Waals surface area contributed by atoms with Gasteiger partial charge in [-0.2, -0.15) is 15.2 Å². The van der Waals surface area contributed by atoms with Gasteiger partial charge in [-0.25, -0.2) is 9.50 Å². The van der Waals surface area contributed by atoms with E-state index in [1.807, 2.05) is 38.1 Å². The maximum Gasteiger partial charge on any atom is 0.276 e. The fourth-order valence-electron chi connectivity index (χ4n) is 3.80. The number of benzene rings is 2. The first kappa shape index (κ1) is 17.5. The highest BCUT2D eigenvalue weighted by Gasteiger charge is 2.18. The monoisotopic (exact) mass is 407 g/mol. The molecule has 1 N–H and O–H groups in total. The van der Waals surface area contributed by atoms with Gasteiger partial charge in [0.2, 0.25) is 5.82 Å². The van der Waals surface area contributed by atoms with Crippen molar-refractivity contribution in [1.82, 2.24) is 34.9 Å². The summed E-state index contributed by atoms with van der Waals surface area (Å²) in [4.78, 5) is 9.13. The Morgan fingerprint density at radius 3 is 2.71 bits per heavy atom. The molecule has 0 aliphatic carbocycles. The minimum atomic E-state index is 0.360. The number of nitrogens with one attached hydrogen (secondary N) is 1. The van der Waals surface area contributed by atoms with Gasteiger partial charge in [0, 0.05) is 17.0 Å². The molecule has 8 heteroatoms. The highest BCUT2D eigenvalue weighted by Crippen LogP contribution is 2.28. The van der Waals surface area contributed by atoms with Crippen molar-refractivity contribution in [3.8, 4) is 34.2 Å². The third-order valence-corrected chi connectivity index (χ3v) is 5.30. The molecule has 0 bridgehead atoms. The zero-order chi connectivity index (χ0) is 20.9. The van der Waals surface area contributed by atoms with Crippen molar-refractivity contribution in [3.05, 3.63) is 72.2 Å². The number of aryl methyl sites for hydroxylation is 2. The molecule has 2 aromatic carbocycles. The van der Waals surface area contributed by atoms with Gasteiger partial charge in [-0.15, -0.1) is 0 Å². The molecule has 150 valence electrons. The third-order valence-electron chi connectivity index (χ3n) is 5.30. The van der Waals surface area contributed by atoms with Crippen molar-refractivity contribution >= 4 is 16.4 Å². The van der Waals surface area contributed by atoms with Gasteiger partial charge in [-0.3, -0.25) is 5.10 Å². The van der Waals surface area contributed by atoms with E-state index in [0.29, 0.717) is 23.1 Å². The fraction of sp³-hybridized carbons (Fsp3) is 0.0870. The molecule has 0 aliphatic heterocycles. The fourth-order valence-corrected chi connectivity index (χ4v) is 3.80. The van der Waals surface area contributed by atoms with Crippen LogP contribution in [0.4, 0.5) is 0 Å². The van der Waals surface area contributed by atoms with Crippen LogP contribution < -0.4 is 0 Å². The molecule has 0 saturated carbocycles. The van der Waals surface area contributed by atoms with Crippen molar-refractivity contribution < 1.29 is 4.52 Å². The second-order valence-corrected chi connectivity index (χ2v) is 7.48. The zero-order valence-corrected chi connectivity index (χ0v) is 16.9. The molecule has 0 unspecified atom stereocenters. The van der Waals surface area contributed by atoms with E-state index in [4.69, 9.17) is 4.52 Å². The highest BCUT2D eigenvalue weighted by molar-refractivity contribution is 5.87. The lowest BCUT2D eigenvalue weighted by molar-refractivity contribution is 0.431. The second kappa shape index (κ2) is 6.60. The molecule has 0 amide bonds. The molecule has 0 fully saturated rings. The van der Waals surface area contributed by atoms with Gasteiger partial charge in [0.05, 0.1) is 17.5 Å². The third kappa shape index (κ3) is 2.88. The maximum absolute atomic E-state index is 5.51. The summed E-state index contributed by atoms with van der Waals surface area (Å²) in [5.74, 6) is 0.794. The topological polar surface area (TPSA) is 97.8 Å². The number of aromatic amines is 1. The van der Waals surface area contributed by atoms with Crippen LogP contribution in [0.25, 0.3) is 50.6 Å². The molecule has 0 aliphatic rings. The standard InChI is InChI=1S/C23H17N7O/c1-13-9-14(2)30-22(25-13)18(12-24-30)21-26-23(31-29-21)20-11-19(27-28-20)17-8-7-15-5-3-4-6-16(15)10-17/h3-12H,1-2H3,(H,27,28). The predicted molar refractivity (Wildman–Crippen MR) is 116 cm³/mol. The average molecular weight is 407 g/mol. The smallest absolute Gasteiger partial charge is 0.276 e. The van der Waals surface area contributed by atoms with Crippen molar-refractivity contribution in [2.45, 2.75) is 13.8 Å². The van der Waals surface area contributed by atoms with Crippen LogP contribution in [0.15, 0.2) is 65.3 Å². The van der Waals surface area contributed by atoms with Crippen molar-refractivity contribution in [3.63, 3.8) is 0 Å². The highest BCUT2D eigenvalue weighted by atomic mass is 16.5. The Hall–Kier alpha value is -4.33. The number of aromatic nitrogens is 7. The maximum atomic E-state index is 5.51. The SMILES string of the molecule is Cc1cc(C)n2ncc(-c3noc(-c4cc(-c5ccc6ccccc6c5)n[nH]4)n3)c2n1. The van der Waals surface area contributed by atoms with Gasteiger partial charge in [-0.1, -0.05) is 41.6 Å². The van der Waals surface area contributed by atoms with Crippen LogP contribution in [0.1, 0.15) is 11.4 Å². The Morgan fingerprint density at radius 2 is 1.81 bits per heavy atom. The summed E-state index contributed by atoms with van der Waals surface area (Å²) in [5, 5.41) is 18.3. The van der Waals surface area contributed by atoms with Gasteiger partial charge >= 0.3 is 0 Å². The minimum Gasteiger partial charge on any atom is -0.332 e. The summed E-state index contributed by atoms with van der Waals surface area (Å²) in [6.07, 6.45) is 1.71. The summed E-state index contributed by atoms with van der Waals surface area (Å²) in [6.45, 7) is 3.93. The molecule has 6 aromatic rings. The number of fused-ring (bicyclic) bond motifs is 2. The molecule has 8 nitrogen and oxygen atoms in total. The largest absolute Gasteiger partial charge is 0.332 e. The van der Waals surface area contributed by atoms with Crippen molar-refractivity contribution in [2.24, 2.45) is 0 Å². The minimum absolute atomic E-state index is 0.360. The summed E-state index contributed by atoms with van der Waals surface area (Å²) in [6, 6.07) is 18.4. The zero-order valence-electron chi connectivity index (χ0n) is 16.9. The van der Waals surface area contributed by atoms with E-state index in [1.165, 1.54) is 5.39 Å². The summed E-state index contributed by atoms with van der Waals surface area (Å²) < 4.78 is 7.28. The van der Waals surface area contributed by atoms with Gasteiger partial charge in [0.25, 0.3) is 5.89 Å². The number of nitrogens with zero attached hydrogens (tertiary/aromatic N) is 6. The number of hydrogen-bond acceptors (Lipinski definition) is 6. The van der Waals surface area contributed by atoms with E-state index >= 15 is 0 Å². The lowest BCUT2D eigenvalue weighted by atomic mass is 10.1. The van der Waals surface area contributed by atoms with Crippen LogP contribution in [0.5, 0.6) is 0 Å². The Morgan fingerprint density at radius 1 is 0.935 bits per heavy atom. The molecular weight excluding hydrogens is 390 g/mol. The molecule has 6 rings (SSSR count). The number of hydrogen-bond donors (Lipinski definition) is 1. The van der Waals surface area contributed by atoms with Crippen molar-refractivity contribution in [1.29, 1.82) is 0 Å². The van der Waals surface area contributed by atoms with Crippen molar-refractivity contribution in [2.75, 3.05) is 0 Å². The molecule has 4 aromatic heterocycles. The van der Waals surface area contributed by atoms with Gasteiger partial charge in [0.1, 0.15) is 5.69 Å². The van der Waals surface area contributed by atoms with Crippen LogP contribution in [0.2, 0.25) is 0 Å². The average Bonchev–Trinajstić information content (AvgIpc) is 3.52. The lowest BCUT2D eigenvalue weighted by Gasteiger charge is -2.00. The van der Waals surface area contributed by atoms with E-state index in [-0.39, 0.29) is 0 Å². The van der Waals surface area contributed by atoms with E-state index in [2.05, 4.69) is 60.8 Å². The molecule has 0 spiro atoms. The molecule has 0 atom stereocenters. The van der Waals surface area contributed by atoms with Gasteiger partial charge in [-0.05, 0) is 42.8 Å². The Balaban J connectivity index is 1.36. The molecular formula is C23H17N7O. The van der Waals surface area contributed by atoms with Crippen LogP contribution in [0, 0.1) is 13.8 Å². The number of rotatable bonds is 3. The predicted octanol–water partition coefficient (Wildman–Crippen LogP) is 4.61. The van der Waals surface area contributed by atoms with Crippen LogP contribution in [-0.2, 0) is 0 Å². The first-order valence-corrected chi connectivity index (χ1v) is 9.87. The quantitative estimate of drug-likeness (QED) is 0.460. The summed E-state index contributed by atoms with van der Waals surface area (Å²) in [7, 11) is 0. The Kier molecular flexibility index (Phi) is 3.73. The molecule has 31 heavy (non-hydrogen) atoms. The number of H-pyrrole nitrogens is 1. The molecule has 0 radical (unpaired) electrons. The molecule has 4 heterocycles. The first-order valence-electron chi connectivity index (χ1n) is 9.87. The molecule has 0 saturated heterocycles. The van der Waals surface area contributed by atoms with E-state index in [1.54, 1.807) is 10.7 Å². The van der Waals surface area contributed by atoms with E-state index in [9.17, 15) is 0 Å². The van der Waals surface area contributed by atoms with Crippen LogP contribution in [-0.4, -0.2) is 34.9 Å². The van der Waals surface area contributed by atoms with E-state index in [0.717, 1.165) is 33.6 Å². The van der Waals surface area contributed by atoms with Crippen LogP contribution in [0.3, 0.4) is 0 Å². The van der Waals surface area contributed by atoms with E-state index < -0.39 is 0 Å².